The number of rotatable bonds is 2. The largest absolute Gasteiger partial charge is 0.0987 e. The van der Waals surface area contributed by atoms with Crippen LogP contribution in [0.1, 0.15) is 75.5 Å². The van der Waals surface area contributed by atoms with Gasteiger partial charge in [0.25, 0.3) is 0 Å². The third kappa shape index (κ3) is 1.81. The van der Waals surface area contributed by atoms with E-state index in [0.29, 0.717) is 5.92 Å². The van der Waals surface area contributed by atoms with Crippen molar-refractivity contribution in [2.24, 2.45) is 0 Å². The van der Waals surface area contributed by atoms with Crippen molar-refractivity contribution in [2.45, 2.75) is 64.2 Å². The van der Waals surface area contributed by atoms with E-state index in [0.717, 1.165) is 0 Å². The predicted octanol–water partition coefficient (Wildman–Crippen LogP) is 5.99. The number of allylic oxidation sites excluding steroid dienone is 3. The molecule has 20 heavy (non-hydrogen) atoms. The van der Waals surface area contributed by atoms with Gasteiger partial charge >= 0.3 is 0 Å². The molecule has 0 N–H and O–H groups in total. The fourth-order valence-electron chi connectivity index (χ4n) is 4.34. The van der Waals surface area contributed by atoms with Gasteiger partial charge in [-0.3, -0.25) is 0 Å². The van der Waals surface area contributed by atoms with Crippen LogP contribution in [0.5, 0.6) is 0 Å². The van der Waals surface area contributed by atoms with Crippen molar-refractivity contribution in [3.05, 3.63) is 53.1 Å². The Morgan fingerprint density at radius 2 is 1.85 bits per heavy atom. The molecule has 1 aromatic rings. The molecule has 0 aliphatic heterocycles. The van der Waals surface area contributed by atoms with E-state index in [2.05, 4.69) is 51.6 Å². The van der Waals surface area contributed by atoms with Crippen molar-refractivity contribution in [1.82, 2.24) is 0 Å². The molecule has 0 bridgehead atoms. The summed E-state index contributed by atoms with van der Waals surface area (Å²) in [5.74, 6) is 0.600. The van der Waals surface area contributed by atoms with Crippen molar-refractivity contribution >= 4 is 5.57 Å². The van der Waals surface area contributed by atoms with Crippen LogP contribution >= 0.6 is 0 Å². The summed E-state index contributed by atoms with van der Waals surface area (Å²) in [4.78, 5) is 0. The number of benzene rings is 1. The molecule has 0 atom stereocenters. The molecule has 0 heteroatoms. The van der Waals surface area contributed by atoms with Crippen LogP contribution in [-0.2, 0) is 5.41 Å². The van der Waals surface area contributed by atoms with E-state index < -0.39 is 0 Å². The first kappa shape index (κ1) is 13.7. The van der Waals surface area contributed by atoms with E-state index in [1.807, 2.05) is 0 Å². The predicted molar refractivity (Wildman–Crippen MR) is 88.1 cm³/mol. The molecule has 0 unspecified atom stereocenters. The van der Waals surface area contributed by atoms with Crippen LogP contribution in [0.15, 0.2) is 36.4 Å². The highest BCUT2D eigenvalue weighted by molar-refractivity contribution is 5.81. The average molecular weight is 266 g/mol. The van der Waals surface area contributed by atoms with Crippen LogP contribution in [-0.4, -0.2) is 0 Å². The maximum Gasteiger partial charge on any atom is 0.0211 e. The zero-order valence-electron chi connectivity index (χ0n) is 13.1. The van der Waals surface area contributed by atoms with Gasteiger partial charge in [0.1, 0.15) is 0 Å². The number of hydrogen-bond donors (Lipinski definition) is 0. The lowest BCUT2D eigenvalue weighted by Gasteiger charge is -2.37. The second kappa shape index (κ2) is 4.91. The van der Waals surface area contributed by atoms with Gasteiger partial charge in [0, 0.05) is 5.41 Å². The Labute approximate surface area is 123 Å². The fraction of sp³-hybridized carbons (Fsp3) is 0.500. The zero-order valence-corrected chi connectivity index (χ0v) is 13.1. The van der Waals surface area contributed by atoms with E-state index in [9.17, 15) is 0 Å². The SMILES string of the molecule is C=CC1=C(C)c2cc(C(C)C)ccc2C12CCCCC2. The first-order valence-electron chi connectivity index (χ1n) is 8.09. The van der Waals surface area contributed by atoms with Gasteiger partial charge in [-0.25, -0.2) is 0 Å². The maximum absolute atomic E-state index is 4.13. The van der Waals surface area contributed by atoms with Gasteiger partial charge in [0.05, 0.1) is 0 Å². The Morgan fingerprint density at radius 3 is 2.45 bits per heavy atom. The molecule has 1 saturated carbocycles. The van der Waals surface area contributed by atoms with E-state index in [4.69, 9.17) is 0 Å². The van der Waals surface area contributed by atoms with Gasteiger partial charge in [-0.2, -0.15) is 0 Å². The molecular weight excluding hydrogens is 240 g/mol. The molecule has 0 radical (unpaired) electrons. The topological polar surface area (TPSA) is 0 Å². The molecule has 106 valence electrons. The van der Waals surface area contributed by atoms with Gasteiger partial charge in [0.15, 0.2) is 0 Å². The minimum Gasteiger partial charge on any atom is -0.0987 e. The minimum atomic E-state index is 0.287. The standard InChI is InChI=1S/C20H26/c1-5-18-15(4)17-13-16(14(2)3)9-10-19(17)20(18)11-7-6-8-12-20/h5,9-10,13-14H,1,6-8,11-12H2,2-4H3. The summed E-state index contributed by atoms with van der Waals surface area (Å²) in [5.41, 5.74) is 7.79. The normalized spacial score (nSPS) is 20.6. The number of fused-ring (bicyclic) bond motifs is 2. The molecule has 0 aromatic heterocycles. The molecule has 0 saturated heterocycles. The summed E-state index contributed by atoms with van der Waals surface area (Å²) >= 11 is 0. The van der Waals surface area contributed by atoms with Crippen LogP contribution < -0.4 is 0 Å². The highest BCUT2D eigenvalue weighted by Crippen LogP contribution is 2.54. The van der Waals surface area contributed by atoms with Gasteiger partial charge in [-0.05, 0) is 53.5 Å². The van der Waals surface area contributed by atoms with Crippen LogP contribution in [0, 0.1) is 0 Å². The minimum absolute atomic E-state index is 0.287. The molecule has 2 aliphatic carbocycles. The third-order valence-corrected chi connectivity index (χ3v) is 5.46. The summed E-state index contributed by atoms with van der Waals surface area (Å²) in [6.45, 7) is 11.0. The van der Waals surface area contributed by atoms with Gasteiger partial charge in [-0.15, -0.1) is 0 Å². The Morgan fingerprint density at radius 1 is 1.15 bits per heavy atom. The third-order valence-electron chi connectivity index (χ3n) is 5.46. The lowest BCUT2D eigenvalue weighted by atomic mass is 9.67. The van der Waals surface area contributed by atoms with Gasteiger partial charge < -0.3 is 0 Å². The maximum atomic E-state index is 4.13. The molecule has 3 rings (SSSR count). The molecule has 2 aliphatic rings. The molecule has 0 nitrogen and oxygen atoms in total. The van der Waals surface area contributed by atoms with E-state index in [-0.39, 0.29) is 5.41 Å². The van der Waals surface area contributed by atoms with Crippen LogP contribution in [0.3, 0.4) is 0 Å². The second-order valence-corrected chi connectivity index (χ2v) is 6.85. The summed E-state index contributed by atoms with van der Waals surface area (Å²) in [5, 5.41) is 0. The molecule has 1 spiro atoms. The smallest absolute Gasteiger partial charge is 0.0211 e. The Bertz CT molecular complexity index is 566. The van der Waals surface area contributed by atoms with E-state index >= 15 is 0 Å². The van der Waals surface area contributed by atoms with Crippen molar-refractivity contribution in [2.75, 3.05) is 0 Å². The second-order valence-electron chi connectivity index (χ2n) is 6.85. The van der Waals surface area contributed by atoms with Gasteiger partial charge in [-0.1, -0.05) is 64.0 Å². The Kier molecular flexibility index (Phi) is 3.36. The highest BCUT2D eigenvalue weighted by atomic mass is 14.5. The van der Waals surface area contributed by atoms with E-state index in [1.165, 1.54) is 54.4 Å². The molecule has 0 amide bonds. The monoisotopic (exact) mass is 266 g/mol. The molecular formula is C20H26. The average Bonchev–Trinajstić information content (AvgIpc) is 2.68. The Hall–Kier alpha value is -1.30. The van der Waals surface area contributed by atoms with Crippen molar-refractivity contribution in [3.63, 3.8) is 0 Å². The lowest BCUT2D eigenvalue weighted by molar-refractivity contribution is 0.350. The first-order chi connectivity index (χ1) is 9.60. The highest BCUT2D eigenvalue weighted by Gasteiger charge is 2.43. The van der Waals surface area contributed by atoms with E-state index in [1.54, 1.807) is 5.56 Å². The quantitative estimate of drug-likeness (QED) is 0.617. The summed E-state index contributed by atoms with van der Waals surface area (Å²) in [6, 6.07) is 7.19. The summed E-state index contributed by atoms with van der Waals surface area (Å²) in [6.07, 6.45) is 8.85. The van der Waals surface area contributed by atoms with Crippen LogP contribution in [0.4, 0.5) is 0 Å². The lowest BCUT2D eigenvalue weighted by Crippen LogP contribution is -2.28. The van der Waals surface area contributed by atoms with Crippen molar-refractivity contribution in [1.29, 1.82) is 0 Å². The summed E-state index contributed by atoms with van der Waals surface area (Å²) < 4.78 is 0. The molecule has 1 aromatic carbocycles. The molecule has 0 heterocycles. The first-order valence-corrected chi connectivity index (χ1v) is 8.09. The van der Waals surface area contributed by atoms with Crippen molar-refractivity contribution < 1.29 is 0 Å². The fourth-order valence-corrected chi connectivity index (χ4v) is 4.34. The van der Waals surface area contributed by atoms with Crippen LogP contribution in [0.2, 0.25) is 0 Å². The number of hydrogen-bond acceptors (Lipinski definition) is 0. The van der Waals surface area contributed by atoms with Gasteiger partial charge in [0.2, 0.25) is 0 Å². The van der Waals surface area contributed by atoms with Crippen LogP contribution in [0.25, 0.3) is 5.57 Å². The zero-order chi connectivity index (χ0) is 14.3. The molecule has 1 fully saturated rings. The summed E-state index contributed by atoms with van der Waals surface area (Å²) in [7, 11) is 0. The Balaban J connectivity index is 2.18. The van der Waals surface area contributed by atoms with Crippen molar-refractivity contribution in [3.8, 4) is 0 Å².